The van der Waals surface area contributed by atoms with Crippen LogP contribution in [0.4, 0.5) is 0 Å². The number of furan rings is 1. The van der Waals surface area contributed by atoms with Crippen LogP contribution in [0, 0.1) is 5.92 Å². The average molecular weight is 301 g/mol. The number of amides is 1. The summed E-state index contributed by atoms with van der Waals surface area (Å²) in [5.74, 6) is 0.757. The quantitative estimate of drug-likeness (QED) is 0.911. The van der Waals surface area contributed by atoms with Crippen LogP contribution < -0.4 is 5.73 Å². The van der Waals surface area contributed by atoms with Crippen LogP contribution in [-0.4, -0.2) is 29.9 Å². The molecule has 5 heteroatoms. The Balaban J connectivity index is 2.21. The highest BCUT2D eigenvalue weighted by atomic mass is 79.9. The van der Waals surface area contributed by atoms with E-state index in [9.17, 15) is 4.79 Å². The summed E-state index contributed by atoms with van der Waals surface area (Å²) in [4.78, 5) is 14.2. The van der Waals surface area contributed by atoms with Crippen molar-refractivity contribution in [2.24, 2.45) is 11.7 Å². The molecule has 0 radical (unpaired) electrons. The normalized spacial score (nSPS) is 25.0. The van der Waals surface area contributed by atoms with E-state index in [2.05, 4.69) is 22.9 Å². The van der Waals surface area contributed by atoms with Gasteiger partial charge >= 0.3 is 0 Å². The lowest BCUT2D eigenvalue weighted by atomic mass is 9.90. The van der Waals surface area contributed by atoms with E-state index in [1.807, 2.05) is 4.90 Å². The molecule has 1 aliphatic heterocycles. The molecule has 1 aromatic rings. The fraction of sp³-hybridized carbons (Fsp3) is 0.583. The van der Waals surface area contributed by atoms with Gasteiger partial charge in [-0.15, -0.1) is 0 Å². The van der Waals surface area contributed by atoms with Crippen LogP contribution >= 0.6 is 15.9 Å². The van der Waals surface area contributed by atoms with E-state index in [-0.39, 0.29) is 11.9 Å². The minimum absolute atomic E-state index is 0.0659. The summed E-state index contributed by atoms with van der Waals surface area (Å²) < 4.78 is 5.93. The smallest absolute Gasteiger partial charge is 0.291 e. The van der Waals surface area contributed by atoms with Gasteiger partial charge < -0.3 is 15.1 Å². The second kappa shape index (κ2) is 5.23. The number of halogens is 1. The van der Waals surface area contributed by atoms with Gasteiger partial charge in [-0.25, -0.2) is 0 Å². The molecule has 1 saturated heterocycles. The highest BCUT2D eigenvalue weighted by molar-refractivity contribution is 9.10. The molecule has 0 unspecified atom stereocenters. The number of nitrogens with two attached hydrogens (primary N) is 1. The molecular formula is C12H17BrN2O2. The van der Waals surface area contributed by atoms with E-state index in [0.717, 1.165) is 19.4 Å². The molecule has 0 aromatic carbocycles. The van der Waals surface area contributed by atoms with Gasteiger partial charge in [0.2, 0.25) is 5.76 Å². The molecule has 2 atom stereocenters. The molecule has 1 aromatic heterocycles. The average Bonchev–Trinajstić information content (AvgIpc) is 2.74. The van der Waals surface area contributed by atoms with E-state index in [4.69, 9.17) is 10.2 Å². The third kappa shape index (κ3) is 2.40. The summed E-state index contributed by atoms with van der Waals surface area (Å²) >= 11 is 3.32. The Hall–Kier alpha value is -0.810. The zero-order valence-electron chi connectivity index (χ0n) is 9.86. The van der Waals surface area contributed by atoms with Crippen LogP contribution in [0.25, 0.3) is 0 Å². The number of carbonyl (C=O) groups excluding carboxylic acids is 1. The van der Waals surface area contributed by atoms with Gasteiger partial charge in [-0.1, -0.05) is 6.92 Å². The SMILES string of the molecule is C[C@@H]1CCCN(C(=O)c2occc2Br)[C@@H]1CN. The fourth-order valence-corrected chi connectivity index (χ4v) is 2.81. The van der Waals surface area contributed by atoms with Gasteiger partial charge in [0, 0.05) is 19.1 Å². The van der Waals surface area contributed by atoms with Crippen LogP contribution in [0.5, 0.6) is 0 Å². The molecule has 1 aliphatic rings. The first kappa shape index (κ1) is 12.6. The zero-order valence-corrected chi connectivity index (χ0v) is 11.4. The van der Waals surface area contributed by atoms with Gasteiger partial charge in [-0.2, -0.15) is 0 Å². The Morgan fingerprint density at radius 2 is 2.47 bits per heavy atom. The van der Waals surface area contributed by atoms with E-state index >= 15 is 0 Å². The summed E-state index contributed by atoms with van der Waals surface area (Å²) in [5, 5.41) is 0. The zero-order chi connectivity index (χ0) is 12.4. The van der Waals surface area contributed by atoms with Crippen molar-refractivity contribution in [3.05, 3.63) is 22.6 Å². The molecule has 4 nitrogen and oxygen atoms in total. The lowest BCUT2D eigenvalue weighted by molar-refractivity contribution is 0.0500. The number of hydrogen-bond acceptors (Lipinski definition) is 3. The van der Waals surface area contributed by atoms with Crippen molar-refractivity contribution in [3.8, 4) is 0 Å². The lowest BCUT2D eigenvalue weighted by Gasteiger charge is -2.39. The molecule has 1 fully saturated rings. The molecule has 17 heavy (non-hydrogen) atoms. The summed E-state index contributed by atoms with van der Waals surface area (Å²) in [6.07, 6.45) is 3.68. The monoisotopic (exact) mass is 300 g/mol. The first-order chi connectivity index (χ1) is 8.15. The number of carbonyl (C=O) groups is 1. The minimum atomic E-state index is -0.0659. The van der Waals surface area contributed by atoms with Gasteiger partial charge in [0.15, 0.2) is 0 Å². The molecule has 2 rings (SSSR count). The molecule has 0 spiro atoms. The second-order valence-corrected chi connectivity index (χ2v) is 5.37. The molecule has 2 N–H and O–H groups in total. The van der Waals surface area contributed by atoms with Crippen LogP contribution in [-0.2, 0) is 0 Å². The van der Waals surface area contributed by atoms with Crippen molar-refractivity contribution in [1.29, 1.82) is 0 Å². The Labute approximate surface area is 109 Å². The number of nitrogens with zero attached hydrogens (tertiary/aromatic N) is 1. The summed E-state index contributed by atoms with van der Waals surface area (Å²) in [7, 11) is 0. The Bertz CT molecular complexity index is 405. The number of piperidine rings is 1. The molecule has 0 bridgehead atoms. The Kier molecular flexibility index (Phi) is 3.89. The standard InChI is InChI=1S/C12H17BrN2O2/c1-8-3-2-5-15(10(8)7-14)12(16)11-9(13)4-6-17-11/h4,6,8,10H,2-3,5,7,14H2,1H3/t8-,10-/m1/s1. The molecule has 94 valence electrons. The predicted molar refractivity (Wildman–Crippen MR) is 68.7 cm³/mol. The maximum atomic E-state index is 12.3. The first-order valence-electron chi connectivity index (χ1n) is 5.89. The van der Waals surface area contributed by atoms with E-state index in [0.29, 0.717) is 22.7 Å². The summed E-state index contributed by atoms with van der Waals surface area (Å²) in [5.41, 5.74) is 5.78. The lowest BCUT2D eigenvalue weighted by Crippen LogP contribution is -2.51. The van der Waals surface area contributed by atoms with Gasteiger partial charge in [0.05, 0.1) is 10.7 Å². The Morgan fingerprint density at radius 1 is 1.71 bits per heavy atom. The summed E-state index contributed by atoms with van der Waals surface area (Å²) in [6, 6.07) is 1.85. The topological polar surface area (TPSA) is 59.5 Å². The van der Waals surface area contributed by atoms with Crippen molar-refractivity contribution < 1.29 is 9.21 Å². The summed E-state index contributed by atoms with van der Waals surface area (Å²) in [6.45, 7) is 3.41. The second-order valence-electron chi connectivity index (χ2n) is 4.52. The third-order valence-electron chi connectivity index (χ3n) is 3.43. The van der Waals surface area contributed by atoms with E-state index in [1.54, 1.807) is 6.07 Å². The molecule has 0 aliphatic carbocycles. The predicted octanol–water partition coefficient (Wildman–Crippen LogP) is 2.24. The van der Waals surface area contributed by atoms with Crippen LogP contribution in [0.2, 0.25) is 0 Å². The highest BCUT2D eigenvalue weighted by Gasteiger charge is 2.33. The molecule has 2 heterocycles. The fourth-order valence-electron chi connectivity index (χ4n) is 2.44. The van der Waals surface area contributed by atoms with E-state index < -0.39 is 0 Å². The molecule has 0 saturated carbocycles. The van der Waals surface area contributed by atoms with Crippen LogP contribution in [0.3, 0.4) is 0 Å². The largest absolute Gasteiger partial charge is 0.458 e. The number of rotatable bonds is 2. The minimum Gasteiger partial charge on any atom is -0.458 e. The Morgan fingerprint density at radius 3 is 3.06 bits per heavy atom. The van der Waals surface area contributed by atoms with Crippen molar-refractivity contribution in [1.82, 2.24) is 4.90 Å². The molecular weight excluding hydrogens is 284 g/mol. The van der Waals surface area contributed by atoms with Gasteiger partial charge in [0.1, 0.15) is 0 Å². The molecule has 1 amide bonds. The van der Waals surface area contributed by atoms with E-state index in [1.165, 1.54) is 6.26 Å². The van der Waals surface area contributed by atoms with Crippen molar-refractivity contribution in [3.63, 3.8) is 0 Å². The highest BCUT2D eigenvalue weighted by Crippen LogP contribution is 2.27. The van der Waals surface area contributed by atoms with Gasteiger partial charge in [-0.05, 0) is 40.8 Å². The first-order valence-corrected chi connectivity index (χ1v) is 6.68. The third-order valence-corrected chi connectivity index (χ3v) is 4.05. The van der Waals surface area contributed by atoms with Crippen LogP contribution in [0.15, 0.2) is 21.2 Å². The number of hydrogen-bond donors (Lipinski definition) is 1. The number of likely N-dealkylation sites (tertiary alicyclic amines) is 1. The van der Waals surface area contributed by atoms with Crippen molar-refractivity contribution >= 4 is 21.8 Å². The van der Waals surface area contributed by atoms with Crippen LogP contribution in [0.1, 0.15) is 30.3 Å². The maximum Gasteiger partial charge on any atom is 0.291 e. The maximum absolute atomic E-state index is 12.3. The van der Waals surface area contributed by atoms with Gasteiger partial charge in [0.25, 0.3) is 5.91 Å². The van der Waals surface area contributed by atoms with Crippen molar-refractivity contribution in [2.75, 3.05) is 13.1 Å². The van der Waals surface area contributed by atoms with Crippen molar-refractivity contribution in [2.45, 2.75) is 25.8 Å². The van der Waals surface area contributed by atoms with Gasteiger partial charge in [-0.3, -0.25) is 4.79 Å².